The fourth-order valence-electron chi connectivity index (χ4n) is 2.48. The molecule has 146 valence electrons. The Bertz CT molecular complexity index is 911. The van der Waals surface area contributed by atoms with Crippen molar-refractivity contribution in [3.8, 4) is 0 Å². The van der Waals surface area contributed by atoms with E-state index in [2.05, 4.69) is 15.6 Å². The monoisotopic (exact) mass is 399 g/mol. The summed E-state index contributed by atoms with van der Waals surface area (Å²) in [5, 5.41) is 10.8. The molecule has 1 atom stereocenters. The average molecular weight is 399 g/mol. The molecule has 2 heterocycles. The van der Waals surface area contributed by atoms with E-state index >= 15 is 0 Å². The van der Waals surface area contributed by atoms with Gasteiger partial charge in [-0.25, -0.2) is 0 Å². The van der Waals surface area contributed by atoms with Gasteiger partial charge in [-0.05, 0) is 19.1 Å². The maximum atomic E-state index is 12.5. The van der Waals surface area contributed by atoms with Gasteiger partial charge in [0.15, 0.2) is 0 Å². The van der Waals surface area contributed by atoms with Crippen LogP contribution in [0, 0.1) is 0 Å². The van der Waals surface area contributed by atoms with E-state index in [1.165, 1.54) is 28.9 Å². The number of nitrogens with one attached hydrogen (secondary N) is 1. The number of anilines is 1. The van der Waals surface area contributed by atoms with Crippen LogP contribution >= 0.6 is 11.8 Å². The second-order valence-corrected chi connectivity index (χ2v) is 7.23. The van der Waals surface area contributed by atoms with Crippen molar-refractivity contribution in [1.29, 1.82) is 0 Å². The Hall–Kier alpha value is -3.07. The lowest BCUT2D eigenvalue weighted by Crippen LogP contribution is -2.32. The van der Waals surface area contributed by atoms with Gasteiger partial charge >= 0.3 is 0 Å². The lowest BCUT2D eigenvalue weighted by Gasteiger charge is -2.23. The van der Waals surface area contributed by atoms with Gasteiger partial charge in [-0.3, -0.25) is 14.3 Å². The van der Waals surface area contributed by atoms with E-state index in [0.29, 0.717) is 17.1 Å². The van der Waals surface area contributed by atoms with Crippen LogP contribution in [0.25, 0.3) is 0 Å². The van der Waals surface area contributed by atoms with E-state index < -0.39 is 0 Å². The van der Waals surface area contributed by atoms with Gasteiger partial charge in [0.1, 0.15) is 18.5 Å². The number of likely N-dealkylation sites (N-methyl/N-ethyl adjacent to an activating group) is 1. The maximum absolute atomic E-state index is 12.5. The van der Waals surface area contributed by atoms with Crippen molar-refractivity contribution in [3.63, 3.8) is 0 Å². The van der Waals surface area contributed by atoms with E-state index in [1.54, 1.807) is 24.2 Å². The maximum Gasteiger partial charge on any atom is 0.244 e. The Morgan fingerprint density at radius 3 is 2.79 bits per heavy atom. The topological polar surface area (TPSA) is 93.3 Å². The molecular weight excluding hydrogens is 378 g/mol. The molecule has 0 aliphatic carbocycles. The first-order valence-electron chi connectivity index (χ1n) is 8.69. The number of amides is 2. The van der Waals surface area contributed by atoms with Gasteiger partial charge in [0.2, 0.25) is 11.8 Å². The Balaban J connectivity index is 1.49. The standard InChI is InChI=1S/C19H21N5O3S/c1-14(17-8-9-27-22-17)23(2)19(26)12-24-11-15(10-20-24)21-18(25)13-28-16-6-4-3-5-7-16/h3-11,14H,12-13H2,1-2H3,(H,21,25)/t14-/m1/s1. The third-order valence-corrected chi connectivity index (χ3v) is 5.20. The predicted octanol–water partition coefficient (Wildman–Crippen LogP) is 2.82. The van der Waals surface area contributed by atoms with Crippen molar-refractivity contribution in [2.75, 3.05) is 18.1 Å². The molecule has 8 nitrogen and oxygen atoms in total. The summed E-state index contributed by atoms with van der Waals surface area (Å²) in [6.45, 7) is 1.93. The molecule has 0 saturated carbocycles. The minimum atomic E-state index is -0.212. The number of hydrogen-bond acceptors (Lipinski definition) is 6. The van der Waals surface area contributed by atoms with Gasteiger partial charge in [-0.1, -0.05) is 23.4 Å². The van der Waals surface area contributed by atoms with Crippen LogP contribution in [0.15, 0.2) is 64.5 Å². The van der Waals surface area contributed by atoms with Crippen molar-refractivity contribution in [1.82, 2.24) is 19.8 Å². The zero-order valence-electron chi connectivity index (χ0n) is 15.6. The normalized spacial score (nSPS) is 11.8. The summed E-state index contributed by atoms with van der Waals surface area (Å²) in [4.78, 5) is 27.2. The molecule has 0 bridgehead atoms. The number of thioether (sulfide) groups is 1. The highest BCUT2D eigenvalue weighted by Gasteiger charge is 2.20. The number of benzene rings is 1. The largest absolute Gasteiger partial charge is 0.364 e. The number of aromatic nitrogens is 3. The SMILES string of the molecule is C[C@H](c1ccon1)N(C)C(=O)Cn1cc(NC(=O)CSc2ccccc2)cn1. The van der Waals surface area contributed by atoms with Crippen molar-refractivity contribution < 1.29 is 14.1 Å². The Kier molecular flexibility index (Phi) is 6.49. The molecule has 0 aliphatic rings. The first-order chi connectivity index (χ1) is 13.5. The summed E-state index contributed by atoms with van der Waals surface area (Å²) in [7, 11) is 1.70. The first kappa shape index (κ1) is 19.7. The van der Waals surface area contributed by atoms with E-state index in [4.69, 9.17) is 4.52 Å². The number of carbonyl (C=O) groups is 2. The quantitative estimate of drug-likeness (QED) is 0.586. The van der Waals surface area contributed by atoms with E-state index in [0.717, 1.165) is 4.90 Å². The highest BCUT2D eigenvalue weighted by Crippen LogP contribution is 2.18. The molecule has 0 aliphatic heterocycles. The van der Waals surface area contributed by atoms with E-state index in [-0.39, 0.29) is 24.4 Å². The summed E-state index contributed by atoms with van der Waals surface area (Å²) in [5.74, 6) is 0.0409. The summed E-state index contributed by atoms with van der Waals surface area (Å²) in [6, 6.07) is 11.2. The molecule has 2 amide bonds. The zero-order chi connectivity index (χ0) is 19.9. The van der Waals surface area contributed by atoms with Crippen molar-refractivity contribution >= 4 is 29.3 Å². The highest BCUT2D eigenvalue weighted by atomic mass is 32.2. The molecule has 0 saturated heterocycles. The van der Waals surface area contributed by atoms with Crippen LogP contribution in [0.4, 0.5) is 5.69 Å². The molecule has 0 fully saturated rings. The third-order valence-electron chi connectivity index (χ3n) is 4.19. The molecule has 1 N–H and O–H groups in total. The molecule has 1 aromatic carbocycles. The van der Waals surface area contributed by atoms with Crippen molar-refractivity contribution in [2.45, 2.75) is 24.4 Å². The van der Waals surface area contributed by atoms with Gasteiger partial charge in [0, 0.05) is 24.2 Å². The van der Waals surface area contributed by atoms with Crippen LogP contribution in [-0.2, 0) is 16.1 Å². The van der Waals surface area contributed by atoms with Gasteiger partial charge in [-0.2, -0.15) is 5.10 Å². The molecular formula is C19H21N5O3S. The molecule has 2 aromatic heterocycles. The van der Waals surface area contributed by atoms with Crippen LogP contribution in [0.1, 0.15) is 18.7 Å². The van der Waals surface area contributed by atoms with Crippen LogP contribution in [0.5, 0.6) is 0 Å². The van der Waals surface area contributed by atoms with Gasteiger partial charge < -0.3 is 14.7 Å². The van der Waals surface area contributed by atoms with Crippen molar-refractivity contribution in [3.05, 3.63) is 60.7 Å². The average Bonchev–Trinajstić information content (AvgIpc) is 3.38. The smallest absolute Gasteiger partial charge is 0.244 e. The third kappa shape index (κ3) is 5.23. The zero-order valence-corrected chi connectivity index (χ0v) is 16.4. The van der Waals surface area contributed by atoms with Crippen LogP contribution in [-0.4, -0.2) is 44.5 Å². The minimum absolute atomic E-state index is 0.0628. The number of carbonyl (C=O) groups excluding carboxylic acids is 2. The molecule has 0 unspecified atom stereocenters. The lowest BCUT2D eigenvalue weighted by atomic mass is 10.2. The van der Waals surface area contributed by atoms with Crippen LogP contribution in [0.3, 0.4) is 0 Å². The Labute approximate surface area is 166 Å². The van der Waals surface area contributed by atoms with Crippen molar-refractivity contribution in [2.24, 2.45) is 0 Å². The van der Waals surface area contributed by atoms with Gasteiger partial charge in [-0.15, -0.1) is 11.8 Å². The fraction of sp³-hybridized carbons (Fsp3) is 0.263. The molecule has 3 rings (SSSR count). The van der Waals surface area contributed by atoms with Gasteiger partial charge in [0.25, 0.3) is 0 Å². The van der Waals surface area contributed by atoms with E-state index in [1.807, 2.05) is 37.3 Å². The van der Waals surface area contributed by atoms with E-state index in [9.17, 15) is 9.59 Å². The highest BCUT2D eigenvalue weighted by molar-refractivity contribution is 8.00. The second-order valence-electron chi connectivity index (χ2n) is 6.18. The lowest BCUT2D eigenvalue weighted by molar-refractivity contribution is -0.132. The number of nitrogens with zero attached hydrogens (tertiary/aromatic N) is 4. The molecule has 0 spiro atoms. The molecule has 28 heavy (non-hydrogen) atoms. The summed E-state index contributed by atoms with van der Waals surface area (Å²) < 4.78 is 6.32. The summed E-state index contributed by atoms with van der Waals surface area (Å²) in [5.41, 5.74) is 1.24. The molecule has 9 heteroatoms. The summed E-state index contributed by atoms with van der Waals surface area (Å²) in [6.07, 6.45) is 4.64. The first-order valence-corrected chi connectivity index (χ1v) is 9.67. The Morgan fingerprint density at radius 2 is 2.07 bits per heavy atom. The van der Waals surface area contributed by atoms with Crippen LogP contribution < -0.4 is 5.32 Å². The number of rotatable bonds is 8. The van der Waals surface area contributed by atoms with Gasteiger partial charge in [0.05, 0.1) is 23.7 Å². The van der Waals surface area contributed by atoms with Crippen LogP contribution in [0.2, 0.25) is 0 Å². The molecule has 0 radical (unpaired) electrons. The minimum Gasteiger partial charge on any atom is -0.364 e. The fourth-order valence-corrected chi connectivity index (χ4v) is 3.20. The number of hydrogen-bond donors (Lipinski definition) is 1. The molecule has 3 aromatic rings. The predicted molar refractivity (Wildman–Crippen MR) is 106 cm³/mol. The summed E-state index contributed by atoms with van der Waals surface area (Å²) >= 11 is 1.46. The second kappa shape index (κ2) is 9.23. The Morgan fingerprint density at radius 1 is 1.29 bits per heavy atom.